The molecule has 6 nitrogen and oxygen atoms in total. The van der Waals surface area contributed by atoms with Gasteiger partial charge in [0.15, 0.2) is 6.61 Å². The van der Waals surface area contributed by atoms with Gasteiger partial charge in [0.2, 0.25) is 5.91 Å². The molecule has 0 radical (unpaired) electrons. The molecule has 134 valence electrons. The van der Waals surface area contributed by atoms with Crippen LogP contribution in [0.1, 0.15) is 18.9 Å². The van der Waals surface area contributed by atoms with Crippen LogP contribution in [-0.4, -0.2) is 35.8 Å². The van der Waals surface area contributed by atoms with E-state index in [4.69, 9.17) is 4.74 Å². The maximum atomic E-state index is 12.9. The lowest BCUT2D eigenvalue weighted by molar-refractivity contribution is -0.160. The molecule has 1 aliphatic heterocycles. The molecule has 2 aromatic carbocycles. The second-order valence-electron chi connectivity index (χ2n) is 6.04. The number of benzene rings is 2. The van der Waals surface area contributed by atoms with Crippen LogP contribution in [0, 0.1) is 0 Å². The molecule has 1 aliphatic rings. The molecule has 3 amide bonds. The van der Waals surface area contributed by atoms with Gasteiger partial charge in [0.05, 0.1) is 0 Å². The Morgan fingerprint density at radius 2 is 1.69 bits per heavy atom. The van der Waals surface area contributed by atoms with Crippen LogP contribution < -0.4 is 10.1 Å². The molecule has 1 fully saturated rings. The van der Waals surface area contributed by atoms with Gasteiger partial charge in [0.25, 0.3) is 11.8 Å². The Morgan fingerprint density at radius 3 is 2.31 bits per heavy atom. The van der Waals surface area contributed by atoms with Crippen LogP contribution in [0.5, 0.6) is 5.75 Å². The lowest BCUT2D eigenvalue weighted by atomic mass is 9.82. The second-order valence-corrected chi connectivity index (χ2v) is 6.04. The maximum absolute atomic E-state index is 12.9. The molecule has 6 heteroatoms. The standard InChI is InChI=1S/C20H20N2O4/c1-2-20(15-9-5-3-6-10-15)19(25)21-17(23)13-22(20)18(24)14-26-16-11-7-4-8-12-16/h3-12H,2,13-14H2,1H3,(H,21,23,25). The first kappa shape index (κ1) is 17.7. The molecule has 2 aromatic rings. The van der Waals surface area contributed by atoms with E-state index in [-0.39, 0.29) is 13.2 Å². The number of piperazine rings is 1. The van der Waals surface area contributed by atoms with Crippen LogP contribution in [-0.2, 0) is 19.9 Å². The Labute approximate surface area is 151 Å². The number of hydrogen-bond acceptors (Lipinski definition) is 4. The number of rotatable bonds is 5. The van der Waals surface area contributed by atoms with Crippen LogP contribution in [0.3, 0.4) is 0 Å². The van der Waals surface area contributed by atoms with E-state index < -0.39 is 23.3 Å². The van der Waals surface area contributed by atoms with E-state index >= 15 is 0 Å². The summed E-state index contributed by atoms with van der Waals surface area (Å²) in [6.45, 7) is 1.38. The van der Waals surface area contributed by atoms with Crippen molar-refractivity contribution in [1.29, 1.82) is 0 Å². The molecule has 1 unspecified atom stereocenters. The van der Waals surface area contributed by atoms with Gasteiger partial charge in [0.1, 0.15) is 17.8 Å². The molecule has 1 N–H and O–H groups in total. The lowest BCUT2D eigenvalue weighted by Gasteiger charge is -2.44. The smallest absolute Gasteiger partial charge is 0.262 e. The van der Waals surface area contributed by atoms with E-state index in [1.165, 1.54) is 4.90 Å². The minimum atomic E-state index is -1.23. The third-order valence-corrected chi connectivity index (χ3v) is 4.56. The molecule has 0 spiro atoms. The Hall–Kier alpha value is -3.15. The fourth-order valence-electron chi connectivity index (χ4n) is 3.27. The highest BCUT2D eigenvalue weighted by atomic mass is 16.5. The topological polar surface area (TPSA) is 75.7 Å². The first-order valence-electron chi connectivity index (χ1n) is 8.46. The zero-order valence-electron chi connectivity index (χ0n) is 14.5. The van der Waals surface area contributed by atoms with Gasteiger partial charge in [-0.05, 0) is 24.1 Å². The molecule has 0 saturated carbocycles. The quantitative estimate of drug-likeness (QED) is 0.834. The van der Waals surface area contributed by atoms with Crippen molar-refractivity contribution in [2.24, 2.45) is 0 Å². The molecule has 1 heterocycles. The number of nitrogens with zero attached hydrogens (tertiary/aromatic N) is 1. The van der Waals surface area contributed by atoms with Crippen LogP contribution in [0.25, 0.3) is 0 Å². The van der Waals surface area contributed by atoms with E-state index in [0.29, 0.717) is 17.7 Å². The second kappa shape index (κ2) is 7.39. The number of carbonyl (C=O) groups is 3. The summed E-state index contributed by atoms with van der Waals surface area (Å²) in [6.07, 6.45) is 0.340. The maximum Gasteiger partial charge on any atom is 0.262 e. The van der Waals surface area contributed by atoms with Gasteiger partial charge >= 0.3 is 0 Å². The van der Waals surface area contributed by atoms with E-state index in [1.807, 2.05) is 19.1 Å². The van der Waals surface area contributed by atoms with Crippen molar-refractivity contribution in [3.05, 3.63) is 66.2 Å². The van der Waals surface area contributed by atoms with Crippen molar-refractivity contribution in [1.82, 2.24) is 10.2 Å². The Morgan fingerprint density at radius 1 is 1.08 bits per heavy atom. The largest absolute Gasteiger partial charge is 0.484 e. The van der Waals surface area contributed by atoms with Crippen LogP contribution in [0.15, 0.2) is 60.7 Å². The lowest BCUT2D eigenvalue weighted by Crippen LogP contribution is -2.66. The van der Waals surface area contributed by atoms with Gasteiger partial charge in [0, 0.05) is 0 Å². The van der Waals surface area contributed by atoms with Gasteiger partial charge in [-0.1, -0.05) is 55.5 Å². The van der Waals surface area contributed by atoms with E-state index in [2.05, 4.69) is 5.32 Å². The van der Waals surface area contributed by atoms with Crippen molar-refractivity contribution >= 4 is 17.7 Å². The van der Waals surface area contributed by atoms with Crippen molar-refractivity contribution in [3.8, 4) is 5.75 Å². The Bertz CT molecular complexity index is 807. The van der Waals surface area contributed by atoms with Crippen LogP contribution in [0.4, 0.5) is 0 Å². The number of ether oxygens (including phenoxy) is 1. The molecular weight excluding hydrogens is 332 g/mol. The summed E-state index contributed by atoms with van der Waals surface area (Å²) in [6, 6.07) is 18.0. The fraction of sp³-hybridized carbons (Fsp3) is 0.250. The Balaban J connectivity index is 1.91. The zero-order valence-corrected chi connectivity index (χ0v) is 14.5. The van der Waals surface area contributed by atoms with E-state index in [0.717, 1.165) is 0 Å². The normalized spacial score (nSPS) is 19.8. The monoisotopic (exact) mass is 352 g/mol. The summed E-state index contributed by atoms with van der Waals surface area (Å²) >= 11 is 0. The third-order valence-electron chi connectivity index (χ3n) is 4.56. The van der Waals surface area contributed by atoms with Crippen molar-refractivity contribution in [3.63, 3.8) is 0 Å². The van der Waals surface area contributed by atoms with Crippen molar-refractivity contribution in [2.75, 3.05) is 13.2 Å². The molecule has 3 rings (SSSR count). The molecule has 0 aromatic heterocycles. The highest BCUT2D eigenvalue weighted by Gasteiger charge is 2.50. The number of imide groups is 1. The molecular formula is C20H20N2O4. The first-order chi connectivity index (χ1) is 12.6. The van der Waals surface area contributed by atoms with Gasteiger partial charge in [-0.3, -0.25) is 19.7 Å². The van der Waals surface area contributed by atoms with Gasteiger partial charge in [-0.15, -0.1) is 0 Å². The highest BCUT2D eigenvalue weighted by molar-refractivity contribution is 6.07. The van der Waals surface area contributed by atoms with Crippen LogP contribution in [0.2, 0.25) is 0 Å². The minimum Gasteiger partial charge on any atom is -0.484 e. The minimum absolute atomic E-state index is 0.189. The van der Waals surface area contributed by atoms with E-state index in [1.54, 1.807) is 48.5 Å². The van der Waals surface area contributed by atoms with Crippen LogP contribution >= 0.6 is 0 Å². The molecule has 0 aliphatic carbocycles. The SMILES string of the molecule is CCC1(c2ccccc2)C(=O)NC(=O)CN1C(=O)COc1ccccc1. The number of hydrogen-bond donors (Lipinski definition) is 1. The average Bonchev–Trinajstić information content (AvgIpc) is 2.67. The first-order valence-corrected chi connectivity index (χ1v) is 8.46. The summed E-state index contributed by atoms with van der Waals surface area (Å²) in [4.78, 5) is 38.9. The molecule has 26 heavy (non-hydrogen) atoms. The summed E-state index contributed by atoms with van der Waals surface area (Å²) in [5, 5.41) is 2.37. The predicted octanol–water partition coefficient (Wildman–Crippen LogP) is 1.86. The van der Waals surface area contributed by atoms with Crippen molar-refractivity contribution < 1.29 is 19.1 Å². The highest BCUT2D eigenvalue weighted by Crippen LogP contribution is 2.34. The number of carbonyl (C=O) groups excluding carboxylic acids is 3. The molecule has 1 saturated heterocycles. The molecule has 0 bridgehead atoms. The number of para-hydroxylation sites is 1. The number of amides is 3. The molecule has 1 atom stereocenters. The fourth-order valence-corrected chi connectivity index (χ4v) is 3.27. The van der Waals surface area contributed by atoms with Gasteiger partial charge in [-0.2, -0.15) is 0 Å². The average molecular weight is 352 g/mol. The van der Waals surface area contributed by atoms with E-state index in [9.17, 15) is 14.4 Å². The van der Waals surface area contributed by atoms with Crippen molar-refractivity contribution in [2.45, 2.75) is 18.9 Å². The van der Waals surface area contributed by atoms with Gasteiger partial charge in [-0.25, -0.2) is 0 Å². The van der Waals surface area contributed by atoms with Gasteiger partial charge < -0.3 is 9.64 Å². The summed E-state index contributed by atoms with van der Waals surface area (Å²) in [5.74, 6) is -0.850. The summed E-state index contributed by atoms with van der Waals surface area (Å²) in [5.41, 5.74) is -0.563. The number of nitrogens with one attached hydrogen (secondary N) is 1. The third kappa shape index (κ3) is 3.18. The predicted molar refractivity (Wildman–Crippen MR) is 95.2 cm³/mol. The Kier molecular flexibility index (Phi) is 5.02. The zero-order chi connectivity index (χ0) is 18.6. The summed E-state index contributed by atoms with van der Waals surface area (Å²) < 4.78 is 5.53. The summed E-state index contributed by atoms with van der Waals surface area (Å²) in [7, 11) is 0.